The highest BCUT2D eigenvalue weighted by atomic mass is 19.1. The predicted molar refractivity (Wildman–Crippen MR) is 64.5 cm³/mol. The first-order chi connectivity index (χ1) is 8.54. The average molecular weight is 257 g/mol. The zero-order valence-corrected chi connectivity index (χ0v) is 10.6. The summed E-state index contributed by atoms with van der Waals surface area (Å²) in [6.07, 6.45) is 1.18. The third kappa shape index (κ3) is 4.41. The van der Waals surface area contributed by atoms with E-state index in [2.05, 4.69) is 10.1 Å². The molecule has 0 bridgehead atoms. The topological polar surface area (TPSA) is 38.3 Å². The van der Waals surface area contributed by atoms with Gasteiger partial charge in [0.05, 0.1) is 7.11 Å². The standard InChI is InChI=1S/C13H17F2NO2/c1-9(17)4-3-5-16-8-10-6-12(15)13(18-2)7-11(10)14/h6-7,16H,3-5,8H2,1-2H3. The molecule has 0 saturated heterocycles. The molecule has 3 nitrogen and oxygen atoms in total. The molecule has 1 rings (SSSR count). The molecule has 0 aliphatic carbocycles. The molecule has 0 unspecified atom stereocenters. The third-order valence-corrected chi connectivity index (χ3v) is 2.52. The van der Waals surface area contributed by atoms with Gasteiger partial charge < -0.3 is 14.8 Å². The molecule has 0 spiro atoms. The van der Waals surface area contributed by atoms with Crippen molar-refractivity contribution in [3.05, 3.63) is 29.3 Å². The molecule has 0 aliphatic rings. The highest BCUT2D eigenvalue weighted by Crippen LogP contribution is 2.21. The van der Waals surface area contributed by atoms with Crippen LogP contribution in [0.3, 0.4) is 0 Å². The number of methoxy groups -OCH3 is 1. The fourth-order valence-electron chi connectivity index (χ4n) is 1.55. The maximum absolute atomic E-state index is 13.5. The number of nitrogens with one attached hydrogen (secondary N) is 1. The van der Waals surface area contributed by atoms with E-state index in [4.69, 9.17) is 0 Å². The van der Waals surface area contributed by atoms with Gasteiger partial charge in [-0.1, -0.05) is 0 Å². The molecular weight excluding hydrogens is 240 g/mol. The van der Waals surface area contributed by atoms with E-state index in [0.29, 0.717) is 19.4 Å². The molecule has 0 heterocycles. The van der Waals surface area contributed by atoms with Crippen molar-refractivity contribution in [2.24, 2.45) is 0 Å². The van der Waals surface area contributed by atoms with Crippen LogP contribution in [-0.2, 0) is 11.3 Å². The summed E-state index contributed by atoms with van der Waals surface area (Å²) in [6.45, 7) is 2.34. The Morgan fingerprint density at radius 2 is 2.06 bits per heavy atom. The summed E-state index contributed by atoms with van der Waals surface area (Å²) in [7, 11) is 1.29. The molecule has 1 aromatic rings. The molecule has 100 valence electrons. The number of ketones is 1. The van der Waals surface area contributed by atoms with Crippen molar-refractivity contribution < 1.29 is 18.3 Å². The number of halogens is 2. The lowest BCUT2D eigenvalue weighted by Gasteiger charge is -2.08. The number of hydrogen-bond donors (Lipinski definition) is 1. The monoisotopic (exact) mass is 257 g/mol. The second kappa shape index (κ2) is 7.06. The fraction of sp³-hybridized carbons (Fsp3) is 0.462. The van der Waals surface area contributed by atoms with Crippen LogP contribution in [0.2, 0.25) is 0 Å². The van der Waals surface area contributed by atoms with E-state index >= 15 is 0 Å². The number of hydrogen-bond acceptors (Lipinski definition) is 3. The first kappa shape index (κ1) is 14.6. The summed E-state index contributed by atoms with van der Waals surface area (Å²) in [4.78, 5) is 10.7. The van der Waals surface area contributed by atoms with Gasteiger partial charge in [0.1, 0.15) is 11.6 Å². The fourth-order valence-corrected chi connectivity index (χ4v) is 1.55. The molecular formula is C13H17F2NO2. The van der Waals surface area contributed by atoms with Crippen LogP contribution in [-0.4, -0.2) is 19.4 Å². The number of ether oxygens (including phenoxy) is 1. The summed E-state index contributed by atoms with van der Waals surface area (Å²) in [6, 6.07) is 2.15. The molecule has 0 amide bonds. The zero-order valence-electron chi connectivity index (χ0n) is 10.6. The number of benzene rings is 1. The molecule has 0 radical (unpaired) electrons. The van der Waals surface area contributed by atoms with E-state index in [1.807, 2.05) is 0 Å². The van der Waals surface area contributed by atoms with Gasteiger partial charge in [0.25, 0.3) is 0 Å². The Bertz CT molecular complexity index is 422. The molecule has 5 heteroatoms. The van der Waals surface area contributed by atoms with Gasteiger partial charge in [-0.25, -0.2) is 8.78 Å². The van der Waals surface area contributed by atoms with E-state index in [9.17, 15) is 13.6 Å². The lowest BCUT2D eigenvalue weighted by atomic mass is 10.2. The molecule has 0 fully saturated rings. The van der Waals surface area contributed by atoms with Crippen LogP contribution in [0.4, 0.5) is 8.78 Å². The Balaban J connectivity index is 2.47. The Kier molecular flexibility index (Phi) is 5.71. The summed E-state index contributed by atoms with van der Waals surface area (Å²) < 4.78 is 31.5. The van der Waals surface area contributed by atoms with Crippen molar-refractivity contribution in [2.75, 3.05) is 13.7 Å². The van der Waals surface area contributed by atoms with Gasteiger partial charge in [-0.2, -0.15) is 0 Å². The minimum atomic E-state index is -0.584. The van der Waals surface area contributed by atoms with Crippen LogP contribution >= 0.6 is 0 Å². The van der Waals surface area contributed by atoms with E-state index < -0.39 is 11.6 Å². The minimum absolute atomic E-state index is 0.104. The van der Waals surface area contributed by atoms with Gasteiger partial charge in [0.15, 0.2) is 11.6 Å². The molecule has 1 aromatic carbocycles. The quantitative estimate of drug-likeness (QED) is 0.762. The minimum Gasteiger partial charge on any atom is -0.494 e. The zero-order chi connectivity index (χ0) is 13.5. The molecule has 0 atom stereocenters. The van der Waals surface area contributed by atoms with Gasteiger partial charge in [0.2, 0.25) is 0 Å². The maximum Gasteiger partial charge on any atom is 0.165 e. The molecule has 0 aromatic heterocycles. The van der Waals surface area contributed by atoms with E-state index in [1.54, 1.807) is 0 Å². The highest BCUT2D eigenvalue weighted by molar-refractivity contribution is 5.75. The second-order valence-electron chi connectivity index (χ2n) is 4.06. The van der Waals surface area contributed by atoms with E-state index in [0.717, 1.165) is 12.1 Å². The number of rotatable bonds is 7. The summed E-state index contributed by atoms with van der Waals surface area (Å²) in [5, 5.41) is 2.96. The van der Waals surface area contributed by atoms with Crippen LogP contribution in [0.25, 0.3) is 0 Å². The first-order valence-electron chi connectivity index (χ1n) is 5.76. The lowest BCUT2D eigenvalue weighted by Crippen LogP contribution is -2.16. The van der Waals surface area contributed by atoms with Crippen LogP contribution < -0.4 is 10.1 Å². The molecule has 1 N–H and O–H groups in total. The van der Waals surface area contributed by atoms with Gasteiger partial charge in [-0.3, -0.25) is 0 Å². The average Bonchev–Trinajstić information content (AvgIpc) is 2.32. The Morgan fingerprint density at radius 3 is 2.67 bits per heavy atom. The van der Waals surface area contributed by atoms with Gasteiger partial charge >= 0.3 is 0 Å². The molecule has 0 aliphatic heterocycles. The Morgan fingerprint density at radius 1 is 1.33 bits per heavy atom. The highest BCUT2D eigenvalue weighted by Gasteiger charge is 2.09. The molecule has 0 saturated carbocycles. The van der Waals surface area contributed by atoms with Crippen LogP contribution in [0.1, 0.15) is 25.3 Å². The van der Waals surface area contributed by atoms with Crippen molar-refractivity contribution in [1.82, 2.24) is 5.32 Å². The summed E-state index contributed by atoms with van der Waals surface area (Å²) in [5.74, 6) is -1.07. The first-order valence-corrected chi connectivity index (χ1v) is 5.76. The SMILES string of the molecule is COc1cc(F)c(CNCCCC(C)=O)cc1F. The van der Waals surface area contributed by atoms with Crippen LogP contribution in [0.5, 0.6) is 5.75 Å². The van der Waals surface area contributed by atoms with Crippen molar-refractivity contribution in [1.29, 1.82) is 0 Å². The van der Waals surface area contributed by atoms with Crippen molar-refractivity contribution >= 4 is 5.78 Å². The summed E-state index contributed by atoms with van der Waals surface area (Å²) >= 11 is 0. The summed E-state index contributed by atoms with van der Waals surface area (Å²) in [5.41, 5.74) is 0.246. The Hall–Kier alpha value is -1.49. The maximum atomic E-state index is 13.5. The van der Waals surface area contributed by atoms with Gasteiger partial charge in [-0.05, 0) is 26.0 Å². The van der Waals surface area contributed by atoms with E-state index in [-0.39, 0.29) is 23.6 Å². The van der Waals surface area contributed by atoms with E-state index in [1.165, 1.54) is 14.0 Å². The lowest BCUT2D eigenvalue weighted by molar-refractivity contribution is -0.117. The smallest absolute Gasteiger partial charge is 0.165 e. The number of carbonyl (C=O) groups is 1. The molecule has 18 heavy (non-hydrogen) atoms. The Labute approximate surface area is 105 Å². The van der Waals surface area contributed by atoms with Crippen LogP contribution in [0, 0.1) is 11.6 Å². The van der Waals surface area contributed by atoms with Crippen molar-refractivity contribution in [3.63, 3.8) is 0 Å². The normalized spacial score (nSPS) is 10.4. The third-order valence-electron chi connectivity index (χ3n) is 2.52. The van der Waals surface area contributed by atoms with Crippen LogP contribution in [0.15, 0.2) is 12.1 Å². The van der Waals surface area contributed by atoms with Gasteiger partial charge in [-0.15, -0.1) is 0 Å². The predicted octanol–water partition coefficient (Wildman–Crippen LogP) is 2.43. The number of carbonyl (C=O) groups excluding carboxylic acids is 1. The van der Waals surface area contributed by atoms with Gasteiger partial charge in [0, 0.05) is 24.6 Å². The van der Waals surface area contributed by atoms with Crippen molar-refractivity contribution in [3.8, 4) is 5.75 Å². The second-order valence-corrected chi connectivity index (χ2v) is 4.06. The number of Topliss-reactive ketones (excluding diaryl/α,β-unsaturated/α-hetero) is 1. The largest absolute Gasteiger partial charge is 0.494 e. The van der Waals surface area contributed by atoms with Crippen molar-refractivity contribution in [2.45, 2.75) is 26.3 Å².